The van der Waals surface area contributed by atoms with Crippen LogP contribution < -0.4 is 10.6 Å². The van der Waals surface area contributed by atoms with E-state index in [1.807, 2.05) is 0 Å². The first-order valence-corrected chi connectivity index (χ1v) is 7.27. The lowest BCUT2D eigenvalue weighted by atomic mass is 10.2. The van der Waals surface area contributed by atoms with Gasteiger partial charge in [-0.2, -0.15) is 0 Å². The average Bonchev–Trinajstić information content (AvgIpc) is 2.38. The lowest BCUT2D eigenvalue weighted by molar-refractivity contribution is -0.116. The summed E-state index contributed by atoms with van der Waals surface area (Å²) in [6.07, 6.45) is 0.0171. The fourth-order valence-corrected chi connectivity index (χ4v) is 1.74. The number of amides is 2. The van der Waals surface area contributed by atoms with Crippen LogP contribution in [0.15, 0.2) is 18.2 Å². The zero-order chi connectivity index (χ0) is 16.8. The summed E-state index contributed by atoms with van der Waals surface area (Å²) < 4.78 is 18.6. The maximum absolute atomic E-state index is 13.6. The molecule has 1 aromatic carbocycles. The third-order valence-electron chi connectivity index (χ3n) is 2.47. The molecule has 0 saturated heterocycles. The van der Waals surface area contributed by atoms with Gasteiger partial charge in [0.2, 0.25) is 5.91 Å². The Bertz CT molecular complexity index is 544. The molecule has 7 heteroatoms. The predicted molar refractivity (Wildman–Crippen MR) is 83.5 cm³/mol. The summed E-state index contributed by atoms with van der Waals surface area (Å²) in [7, 11) is 0. The lowest BCUT2D eigenvalue weighted by Gasteiger charge is -2.19. The molecule has 0 saturated carbocycles. The fourth-order valence-electron chi connectivity index (χ4n) is 1.57. The van der Waals surface area contributed by atoms with Crippen LogP contribution in [0.25, 0.3) is 0 Å². The Morgan fingerprint density at radius 3 is 2.64 bits per heavy atom. The molecule has 0 radical (unpaired) electrons. The molecule has 0 aliphatic heterocycles. The van der Waals surface area contributed by atoms with Crippen molar-refractivity contribution >= 4 is 29.3 Å². The van der Waals surface area contributed by atoms with E-state index in [9.17, 15) is 14.0 Å². The first-order chi connectivity index (χ1) is 10.2. The van der Waals surface area contributed by atoms with Gasteiger partial charge in [-0.05, 0) is 39.3 Å². The molecule has 0 fully saturated rings. The number of carbonyl (C=O) groups is 2. The van der Waals surface area contributed by atoms with Crippen LogP contribution in [-0.2, 0) is 9.53 Å². The highest BCUT2D eigenvalue weighted by atomic mass is 35.5. The minimum Gasteiger partial charge on any atom is -0.444 e. The number of alkyl carbamates (subject to hydrolysis) is 1. The van der Waals surface area contributed by atoms with Crippen LogP contribution in [0.3, 0.4) is 0 Å². The van der Waals surface area contributed by atoms with Gasteiger partial charge in [-0.25, -0.2) is 9.18 Å². The molecule has 0 aromatic heterocycles. The maximum Gasteiger partial charge on any atom is 0.407 e. The van der Waals surface area contributed by atoms with Crippen molar-refractivity contribution in [3.8, 4) is 0 Å². The quantitative estimate of drug-likeness (QED) is 0.808. The molecule has 22 heavy (non-hydrogen) atoms. The standard InChI is InChI=1S/C15H20ClFN2O3/c1-15(2,3)22-14(21)18-9-5-8-12(20)19-11-7-4-6-10(16)13(11)17/h4,6-7H,5,8-9H2,1-3H3,(H,18,21)(H,19,20). The van der Waals surface area contributed by atoms with Crippen LogP contribution in [0.2, 0.25) is 5.02 Å². The molecule has 0 aliphatic carbocycles. The molecule has 1 rings (SSSR count). The summed E-state index contributed by atoms with van der Waals surface area (Å²) in [5.74, 6) is -1.02. The predicted octanol–water partition coefficient (Wildman–Crippen LogP) is 3.72. The molecular weight excluding hydrogens is 311 g/mol. The second kappa shape index (κ2) is 7.98. The summed E-state index contributed by atoms with van der Waals surface area (Å²) in [5, 5.41) is 4.93. The smallest absolute Gasteiger partial charge is 0.407 e. The van der Waals surface area contributed by atoms with Crippen molar-refractivity contribution in [2.45, 2.75) is 39.2 Å². The molecule has 122 valence electrons. The number of rotatable bonds is 5. The van der Waals surface area contributed by atoms with Gasteiger partial charge in [0.25, 0.3) is 0 Å². The highest BCUT2D eigenvalue weighted by molar-refractivity contribution is 6.31. The van der Waals surface area contributed by atoms with Crippen molar-refractivity contribution in [1.29, 1.82) is 0 Å². The van der Waals surface area contributed by atoms with Crippen LogP contribution in [0.4, 0.5) is 14.9 Å². The van der Waals surface area contributed by atoms with Gasteiger partial charge in [-0.15, -0.1) is 0 Å². The Morgan fingerprint density at radius 1 is 1.32 bits per heavy atom. The summed E-state index contributed by atoms with van der Waals surface area (Å²) in [6.45, 7) is 5.58. The molecule has 2 N–H and O–H groups in total. The third kappa shape index (κ3) is 6.76. The van der Waals surface area contributed by atoms with Crippen molar-refractivity contribution < 1.29 is 18.7 Å². The Balaban J connectivity index is 2.30. The van der Waals surface area contributed by atoms with E-state index in [-0.39, 0.29) is 23.0 Å². The normalized spacial score (nSPS) is 11.0. The molecule has 0 spiro atoms. The second-order valence-corrected chi connectivity index (χ2v) is 6.09. The van der Waals surface area contributed by atoms with Gasteiger partial charge >= 0.3 is 6.09 Å². The van der Waals surface area contributed by atoms with Crippen molar-refractivity contribution in [3.63, 3.8) is 0 Å². The van der Waals surface area contributed by atoms with E-state index in [0.29, 0.717) is 13.0 Å². The van der Waals surface area contributed by atoms with E-state index in [1.165, 1.54) is 12.1 Å². The van der Waals surface area contributed by atoms with E-state index >= 15 is 0 Å². The first kappa shape index (κ1) is 18.2. The van der Waals surface area contributed by atoms with E-state index in [2.05, 4.69) is 10.6 Å². The topological polar surface area (TPSA) is 67.4 Å². The molecule has 1 aromatic rings. The van der Waals surface area contributed by atoms with Crippen molar-refractivity contribution in [2.24, 2.45) is 0 Å². The van der Waals surface area contributed by atoms with Gasteiger partial charge in [0.1, 0.15) is 5.60 Å². The van der Waals surface area contributed by atoms with Crippen LogP contribution in [-0.4, -0.2) is 24.1 Å². The van der Waals surface area contributed by atoms with Crippen molar-refractivity contribution in [3.05, 3.63) is 29.0 Å². The van der Waals surface area contributed by atoms with Gasteiger partial charge in [0.05, 0.1) is 10.7 Å². The summed E-state index contributed by atoms with van der Waals surface area (Å²) in [6, 6.07) is 4.38. The zero-order valence-electron chi connectivity index (χ0n) is 12.8. The molecule has 5 nitrogen and oxygen atoms in total. The summed E-state index contributed by atoms with van der Waals surface area (Å²) in [5.41, 5.74) is -0.524. The Morgan fingerprint density at radius 2 is 2.00 bits per heavy atom. The van der Waals surface area contributed by atoms with Crippen molar-refractivity contribution in [2.75, 3.05) is 11.9 Å². The summed E-state index contributed by atoms with van der Waals surface area (Å²) >= 11 is 5.62. The van der Waals surface area contributed by atoms with Gasteiger partial charge in [-0.3, -0.25) is 4.79 Å². The molecule has 2 amide bonds. The van der Waals surface area contributed by atoms with Gasteiger partial charge < -0.3 is 15.4 Å². The Hall–Kier alpha value is -1.82. The summed E-state index contributed by atoms with van der Waals surface area (Å²) in [4.78, 5) is 23.1. The number of anilines is 1. The SMILES string of the molecule is CC(C)(C)OC(=O)NCCCC(=O)Nc1cccc(Cl)c1F. The molecule has 0 heterocycles. The number of nitrogens with one attached hydrogen (secondary N) is 2. The largest absolute Gasteiger partial charge is 0.444 e. The number of carbonyl (C=O) groups excluding carboxylic acids is 2. The molecule has 0 unspecified atom stereocenters. The fraction of sp³-hybridized carbons (Fsp3) is 0.467. The van der Waals surface area contributed by atoms with E-state index in [4.69, 9.17) is 16.3 Å². The molecule has 0 aliphatic rings. The molecular formula is C15H20ClFN2O3. The Labute approximate surface area is 134 Å². The van der Waals surface area contributed by atoms with E-state index in [0.717, 1.165) is 0 Å². The monoisotopic (exact) mass is 330 g/mol. The number of hydrogen-bond acceptors (Lipinski definition) is 3. The van der Waals surface area contributed by atoms with Crippen molar-refractivity contribution in [1.82, 2.24) is 5.32 Å². The van der Waals surface area contributed by atoms with Gasteiger partial charge in [0, 0.05) is 13.0 Å². The van der Waals surface area contributed by atoms with E-state index in [1.54, 1.807) is 26.8 Å². The number of halogens is 2. The van der Waals surface area contributed by atoms with Crippen LogP contribution >= 0.6 is 11.6 Å². The zero-order valence-corrected chi connectivity index (χ0v) is 13.6. The highest BCUT2D eigenvalue weighted by Crippen LogP contribution is 2.22. The number of hydrogen-bond donors (Lipinski definition) is 2. The third-order valence-corrected chi connectivity index (χ3v) is 2.77. The average molecular weight is 331 g/mol. The number of benzene rings is 1. The van der Waals surface area contributed by atoms with Gasteiger partial charge in [0.15, 0.2) is 5.82 Å². The molecule has 0 atom stereocenters. The number of ether oxygens (including phenoxy) is 1. The lowest BCUT2D eigenvalue weighted by Crippen LogP contribution is -2.33. The molecule has 0 bridgehead atoms. The van der Waals surface area contributed by atoms with Gasteiger partial charge in [-0.1, -0.05) is 17.7 Å². The van der Waals surface area contributed by atoms with Crippen LogP contribution in [0.5, 0.6) is 0 Å². The maximum atomic E-state index is 13.6. The van der Waals surface area contributed by atoms with E-state index < -0.39 is 17.5 Å². The van der Waals surface area contributed by atoms with Crippen LogP contribution in [0, 0.1) is 5.82 Å². The van der Waals surface area contributed by atoms with Crippen LogP contribution in [0.1, 0.15) is 33.6 Å². The second-order valence-electron chi connectivity index (χ2n) is 5.68. The minimum absolute atomic E-state index is 0.0394. The highest BCUT2D eigenvalue weighted by Gasteiger charge is 2.15. The minimum atomic E-state index is -0.663. The Kier molecular flexibility index (Phi) is 6.61. The first-order valence-electron chi connectivity index (χ1n) is 6.90.